The molecule has 7 nitrogen and oxygen atoms in total. The van der Waals surface area contributed by atoms with Crippen LogP contribution in [0.3, 0.4) is 0 Å². The van der Waals surface area contributed by atoms with Gasteiger partial charge < -0.3 is 9.52 Å². The number of hydrogen-bond acceptors (Lipinski definition) is 6. The molecule has 0 aromatic carbocycles. The van der Waals surface area contributed by atoms with Gasteiger partial charge in [-0.25, -0.2) is 4.68 Å². The van der Waals surface area contributed by atoms with Crippen LogP contribution in [-0.4, -0.2) is 30.3 Å². The van der Waals surface area contributed by atoms with Crippen molar-refractivity contribution >= 4 is 0 Å². The van der Waals surface area contributed by atoms with Crippen LogP contribution in [0.25, 0.3) is 0 Å². The molecule has 1 N–H and O–H groups in total. The molecule has 0 amide bonds. The molecule has 2 aromatic rings. The second-order valence-corrected chi connectivity index (χ2v) is 6.71. The summed E-state index contributed by atoms with van der Waals surface area (Å²) in [6.45, 7) is 6.59. The van der Waals surface area contributed by atoms with Crippen LogP contribution in [0.15, 0.2) is 10.6 Å². The van der Waals surface area contributed by atoms with Crippen molar-refractivity contribution in [1.82, 2.24) is 25.2 Å². The fraction of sp³-hybridized carbons (Fsp3) is 0.714. The van der Waals surface area contributed by atoms with Gasteiger partial charge in [0.25, 0.3) is 0 Å². The molecule has 1 aliphatic rings. The summed E-state index contributed by atoms with van der Waals surface area (Å²) in [5, 5.41) is 26.7. The van der Waals surface area contributed by atoms with E-state index in [1.165, 1.54) is 0 Å². The summed E-state index contributed by atoms with van der Waals surface area (Å²) >= 11 is 0. The van der Waals surface area contributed by atoms with E-state index in [0.717, 1.165) is 25.7 Å². The Balaban J connectivity index is 1.72. The van der Waals surface area contributed by atoms with Crippen LogP contribution in [0.5, 0.6) is 0 Å². The summed E-state index contributed by atoms with van der Waals surface area (Å²) in [4.78, 5) is 0. The van der Waals surface area contributed by atoms with E-state index in [-0.39, 0.29) is 0 Å². The molecular formula is C14H21N5O2. The number of aromatic nitrogens is 5. The van der Waals surface area contributed by atoms with Crippen molar-refractivity contribution in [3.8, 4) is 0 Å². The number of nitrogens with zero attached hydrogens (tertiary/aromatic N) is 5. The van der Waals surface area contributed by atoms with Gasteiger partial charge in [0.2, 0.25) is 11.8 Å². The van der Waals surface area contributed by atoms with Crippen LogP contribution in [0, 0.1) is 12.3 Å². The molecule has 0 bridgehead atoms. The van der Waals surface area contributed by atoms with Crippen LogP contribution in [-0.2, 0) is 12.1 Å². The van der Waals surface area contributed by atoms with Crippen LogP contribution >= 0.6 is 0 Å². The van der Waals surface area contributed by atoms with Gasteiger partial charge in [0.1, 0.15) is 17.8 Å². The SMILES string of the molecule is Cc1nnc(Cn2cc(C3(O)CCC(C)(C)CC3)nn2)o1. The lowest BCUT2D eigenvalue weighted by atomic mass is 9.70. The number of aliphatic hydroxyl groups is 1. The van der Waals surface area contributed by atoms with Crippen LogP contribution in [0.1, 0.15) is 57.0 Å². The summed E-state index contributed by atoms with van der Waals surface area (Å²) < 4.78 is 6.95. The molecule has 0 atom stereocenters. The van der Waals surface area contributed by atoms with Gasteiger partial charge in [0, 0.05) is 6.92 Å². The highest BCUT2D eigenvalue weighted by atomic mass is 16.4. The van der Waals surface area contributed by atoms with Crippen molar-refractivity contribution in [3.05, 3.63) is 23.7 Å². The Bertz CT molecular complexity index is 621. The predicted octanol–water partition coefficient (Wildman–Crippen LogP) is 1.81. The lowest BCUT2D eigenvalue weighted by Gasteiger charge is -2.38. The van der Waals surface area contributed by atoms with Gasteiger partial charge in [-0.2, -0.15) is 0 Å². The summed E-state index contributed by atoms with van der Waals surface area (Å²) in [6.07, 6.45) is 5.19. The lowest BCUT2D eigenvalue weighted by molar-refractivity contribution is -0.0340. The first-order valence-corrected chi connectivity index (χ1v) is 7.28. The molecule has 2 heterocycles. The second-order valence-electron chi connectivity index (χ2n) is 6.71. The van der Waals surface area contributed by atoms with Gasteiger partial charge in [0.15, 0.2) is 0 Å². The Hall–Kier alpha value is -1.76. The van der Waals surface area contributed by atoms with Crippen LogP contribution < -0.4 is 0 Å². The van der Waals surface area contributed by atoms with E-state index >= 15 is 0 Å². The maximum atomic E-state index is 10.8. The fourth-order valence-electron chi connectivity index (χ4n) is 2.73. The Morgan fingerprint density at radius 1 is 1.19 bits per heavy atom. The molecule has 2 aromatic heterocycles. The van der Waals surface area contributed by atoms with E-state index in [1.807, 2.05) is 0 Å². The summed E-state index contributed by atoms with van der Waals surface area (Å²) in [5.41, 5.74) is 0.0661. The second kappa shape index (κ2) is 4.91. The standard InChI is InChI=1S/C14H21N5O2/c1-10-15-17-12(21-10)9-19-8-11(16-18-19)14(20)6-4-13(2,3)5-7-14/h8,20H,4-7,9H2,1-3H3. The highest BCUT2D eigenvalue weighted by Gasteiger charge is 2.39. The largest absolute Gasteiger partial charge is 0.424 e. The lowest BCUT2D eigenvalue weighted by Crippen LogP contribution is -2.34. The van der Waals surface area contributed by atoms with Crippen molar-refractivity contribution < 1.29 is 9.52 Å². The topological polar surface area (TPSA) is 89.9 Å². The molecule has 1 aliphatic carbocycles. The van der Waals surface area contributed by atoms with Gasteiger partial charge in [-0.1, -0.05) is 19.1 Å². The fourth-order valence-corrected chi connectivity index (χ4v) is 2.73. The molecule has 0 saturated heterocycles. The van der Waals surface area contributed by atoms with E-state index in [2.05, 4.69) is 34.4 Å². The van der Waals surface area contributed by atoms with Crippen molar-refractivity contribution in [2.24, 2.45) is 5.41 Å². The Morgan fingerprint density at radius 2 is 1.90 bits per heavy atom. The Labute approximate surface area is 123 Å². The molecule has 1 fully saturated rings. The number of aryl methyl sites for hydroxylation is 1. The van der Waals surface area contributed by atoms with Gasteiger partial charge in [-0.3, -0.25) is 0 Å². The zero-order valence-corrected chi connectivity index (χ0v) is 12.7. The van der Waals surface area contributed by atoms with E-state index < -0.39 is 5.60 Å². The van der Waals surface area contributed by atoms with E-state index in [9.17, 15) is 5.11 Å². The van der Waals surface area contributed by atoms with Crippen molar-refractivity contribution in [2.75, 3.05) is 0 Å². The van der Waals surface area contributed by atoms with Crippen molar-refractivity contribution in [1.29, 1.82) is 0 Å². The average molecular weight is 291 g/mol. The minimum Gasteiger partial charge on any atom is -0.424 e. The highest BCUT2D eigenvalue weighted by molar-refractivity contribution is 5.09. The molecule has 7 heteroatoms. The van der Waals surface area contributed by atoms with Gasteiger partial charge >= 0.3 is 0 Å². The maximum Gasteiger partial charge on any atom is 0.237 e. The normalized spacial score (nSPS) is 20.6. The molecule has 0 radical (unpaired) electrons. The van der Waals surface area contributed by atoms with E-state index in [0.29, 0.717) is 29.4 Å². The Morgan fingerprint density at radius 3 is 2.52 bits per heavy atom. The quantitative estimate of drug-likeness (QED) is 0.927. The first kappa shape index (κ1) is 14.2. The monoisotopic (exact) mass is 291 g/mol. The smallest absolute Gasteiger partial charge is 0.237 e. The first-order valence-electron chi connectivity index (χ1n) is 7.28. The first-order chi connectivity index (χ1) is 9.86. The zero-order valence-electron chi connectivity index (χ0n) is 12.7. The highest BCUT2D eigenvalue weighted by Crippen LogP contribution is 2.44. The minimum atomic E-state index is -0.863. The summed E-state index contributed by atoms with van der Waals surface area (Å²) in [7, 11) is 0. The third-order valence-electron chi connectivity index (χ3n) is 4.31. The predicted molar refractivity (Wildman–Crippen MR) is 74.3 cm³/mol. The Kier molecular flexibility index (Phi) is 3.32. The van der Waals surface area contributed by atoms with Crippen LogP contribution in [0.4, 0.5) is 0 Å². The molecule has 1 saturated carbocycles. The molecule has 0 aliphatic heterocycles. The molecular weight excluding hydrogens is 270 g/mol. The third kappa shape index (κ3) is 2.97. The van der Waals surface area contributed by atoms with Gasteiger partial charge in [-0.15, -0.1) is 15.3 Å². The number of rotatable bonds is 3. The molecule has 0 unspecified atom stereocenters. The molecule has 114 valence electrons. The van der Waals surface area contributed by atoms with Crippen molar-refractivity contribution in [3.63, 3.8) is 0 Å². The van der Waals surface area contributed by atoms with E-state index in [4.69, 9.17) is 4.42 Å². The molecule has 3 rings (SSSR count). The van der Waals surface area contributed by atoms with Gasteiger partial charge in [-0.05, 0) is 31.1 Å². The average Bonchev–Trinajstić information content (AvgIpc) is 3.04. The minimum absolute atomic E-state index is 0.295. The molecule has 21 heavy (non-hydrogen) atoms. The zero-order chi connectivity index (χ0) is 15.1. The maximum absolute atomic E-state index is 10.8. The number of hydrogen-bond donors (Lipinski definition) is 1. The van der Waals surface area contributed by atoms with Crippen LogP contribution in [0.2, 0.25) is 0 Å². The molecule has 0 spiro atoms. The van der Waals surface area contributed by atoms with Gasteiger partial charge in [0.05, 0.1) is 6.20 Å². The van der Waals surface area contributed by atoms with Crippen molar-refractivity contribution in [2.45, 2.75) is 58.6 Å². The summed E-state index contributed by atoms with van der Waals surface area (Å²) in [5.74, 6) is 1.01. The van der Waals surface area contributed by atoms with E-state index in [1.54, 1.807) is 17.8 Å². The third-order valence-corrected chi connectivity index (χ3v) is 4.31. The summed E-state index contributed by atoms with van der Waals surface area (Å²) in [6, 6.07) is 0.